The Bertz CT molecular complexity index is 903. The van der Waals surface area contributed by atoms with E-state index < -0.39 is 15.7 Å². The fourth-order valence-electron chi connectivity index (χ4n) is 2.52. The largest absolute Gasteiger partial charge is 0.497 e. The number of aliphatic imine (C=N–C) groups is 1. The Hall–Kier alpha value is -1.88. The van der Waals surface area contributed by atoms with Crippen molar-refractivity contribution in [1.29, 1.82) is 0 Å². The van der Waals surface area contributed by atoms with Crippen molar-refractivity contribution in [3.63, 3.8) is 0 Å². The molecule has 2 aromatic carbocycles. The van der Waals surface area contributed by atoms with Gasteiger partial charge in [0, 0.05) is 12.8 Å². The van der Waals surface area contributed by atoms with E-state index >= 15 is 0 Å². The molecule has 0 amide bonds. The number of rotatable bonds is 8. The molecule has 0 aliphatic carbocycles. The number of nitrogens with two attached hydrogens (primary N) is 1. The van der Waals surface area contributed by atoms with Crippen LogP contribution in [0.3, 0.4) is 0 Å². The molecule has 0 radical (unpaired) electrons. The maximum atomic E-state index is 13.5. The first-order valence-corrected chi connectivity index (χ1v) is 10.4. The van der Waals surface area contributed by atoms with Crippen molar-refractivity contribution >= 4 is 39.8 Å². The third kappa shape index (κ3) is 8.42. The van der Waals surface area contributed by atoms with Crippen molar-refractivity contribution in [2.45, 2.75) is 18.7 Å². The van der Waals surface area contributed by atoms with Gasteiger partial charge in [0.25, 0.3) is 0 Å². The third-order valence-electron chi connectivity index (χ3n) is 3.88. The van der Waals surface area contributed by atoms with Crippen LogP contribution in [0.25, 0.3) is 0 Å². The van der Waals surface area contributed by atoms with Gasteiger partial charge in [-0.05, 0) is 47.4 Å². The quantitative estimate of drug-likeness (QED) is 0.317. The molecule has 0 saturated carbocycles. The lowest BCUT2D eigenvalue weighted by molar-refractivity contribution is 0.414. The average Bonchev–Trinajstić information content (AvgIpc) is 2.61. The summed E-state index contributed by atoms with van der Waals surface area (Å²) in [7, 11) is -1.61. The molecule has 0 spiro atoms. The van der Waals surface area contributed by atoms with Gasteiger partial charge in [-0.25, -0.2) is 17.8 Å². The van der Waals surface area contributed by atoms with Crippen LogP contribution in [0.4, 0.5) is 4.39 Å². The third-order valence-corrected chi connectivity index (χ3v) is 4.72. The molecule has 28 heavy (non-hydrogen) atoms. The van der Waals surface area contributed by atoms with Crippen molar-refractivity contribution < 1.29 is 17.5 Å². The molecule has 0 heterocycles. The van der Waals surface area contributed by atoms with Crippen LogP contribution in [0.1, 0.15) is 16.7 Å². The Labute approximate surface area is 182 Å². The second kappa shape index (κ2) is 11.2. The van der Waals surface area contributed by atoms with Gasteiger partial charge < -0.3 is 15.8 Å². The summed E-state index contributed by atoms with van der Waals surface area (Å²) in [6.07, 6.45) is 1.89. The molecular weight excluding hydrogens is 496 g/mol. The molecule has 0 fully saturated rings. The second-order valence-electron chi connectivity index (χ2n) is 6.21. The number of benzene rings is 2. The minimum absolute atomic E-state index is 0. The Balaban J connectivity index is 0.00000392. The van der Waals surface area contributed by atoms with Gasteiger partial charge in [-0.1, -0.05) is 18.2 Å². The maximum Gasteiger partial charge on any atom is 0.188 e. The summed E-state index contributed by atoms with van der Waals surface area (Å²) < 4.78 is 41.6. The molecule has 2 aromatic rings. The predicted octanol–water partition coefficient (Wildman–Crippen LogP) is 2.64. The zero-order chi connectivity index (χ0) is 19.9. The van der Waals surface area contributed by atoms with Crippen molar-refractivity contribution in [3.05, 3.63) is 65.0 Å². The number of guanidine groups is 1. The van der Waals surface area contributed by atoms with Crippen molar-refractivity contribution in [1.82, 2.24) is 5.32 Å². The van der Waals surface area contributed by atoms with Crippen LogP contribution in [0.2, 0.25) is 0 Å². The van der Waals surface area contributed by atoms with E-state index in [2.05, 4.69) is 10.3 Å². The van der Waals surface area contributed by atoms with E-state index in [0.717, 1.165) is 24.0 Å². The van der Waals surface area contributed by atoms with Crippen LogP contribution in [0.5, 0.6) is 5.75 Å². The number of hydrogen-bond donors (Lipinski definition) is 2. The summed E-state index contributed by atoms with van der Waals surface area (Å²) in [5.74, 6) is 0.414. The lowest BCUT2D eigenvalue weighted by Gasteiger charge is -2.09. The Kier molecular flexibility index (Phi) is 9.66. The number of hydrogen-bond acceptors (Lipinski definition) is 4. The van der Waals surface area contributed by atoms with E-state index in [4.69, 9.17) is 10.5 Å². The zero-order valence-corrected chi connectivity index (χ0v) is 19.0. The van der Waals surface area contributed by atoms with E-state index in [-0.39, 0.29) is 42.2 Å². The molecule has 0 atom stereocenters. The van der Waals surface area contributed by atoms with Crippen molar-refractivity contribution in [2.75, 3.05) is 19.9 Å². The van der Waals surface area contributed by atoms with Gasteiger partial charge in [-0.15, -0.1) is 24.0 Å². The average molecular weight is 521 g/mol. The lowest BCUT2D eigenvalue weighted by Crippen LogP contribution is -2.33. The molecule has 0 aromatic heterocycles. The fourth-order valence-corrected chi connectivity index (χ4v) is 3.36. The van der Waals surface area contributed by atoms with Crippen LogP contribution in [-0.2, 0) is 28.6 Å². The molecule has 9 heteroatoms. The summed E-state index contributed by atoms with van der Waals surface area (Å²) >= 11 is 0. The van der Waals surface area contributed by atoms with E-state index in [0.29, 0.717) is 17.7 Å². The highest BCUT2D eigenvalue weighted by Gasteiger charge is 2.10. The maximum absolute atomic E-state index is 13.5. The number of ether oxygens (including phenoxy) is 1. The Morgan fingerprint density at radius 1 is 1.18 bits per heavy atom. The highest BCUT2D eigenvalue weighted by atomic mass is 127. The summed E-state index contributed by atoms with van der Waals surface area (Å²) in [5, 5.41) is 3.00. The van der Waals surface area contributed by atoms with Gasteiger partial charge in [0.2, 0.25) is 0 Å². The monoisotopic (exact) mass is 521 g/mol. The SMILES string of the molecule is COc1ccc(CCNC(N)=NCc2cc(F)ccc2CS(C)(=O)=O)cc1.I. The lowest BCUT2D eigenvalue weighted by atomic mass is 10.1. The Morgan fingerprint density at radius 2 is 1.86 bits per heavy atom. The second-order valence-corrected chi connectivity index (χ2v) is 8.35. The minimum atomic E-state index is -3.23. The van der Waals surface area contributed by atoms with Crippen molar-refractivity contribution in [2.24, 2.45) is 10.7 Å². The highest BCUT2D eigenvalue weighted by Crippen LogP contribution is 2.15. The highest BCUT2D eigenvalue weighted by molar-refractivity contribution is 14.0. The van der Waals surface area contributed by atoms with Gasteiger partial charge in [0.15, 0.2) is 15.8 Å². The van der Waals surface area contributed by atoms with E-state index in [1.165, 1.54) is 18.2 Å². The Morgan fingerprint density at radius 3 is 2.46 bits per heavy atom. The van der Waals surface area contributed by atoms with E-state index in [9.17, 15) is 12.8 Å². The van der Waals surface area contributed by atoms with E-state index in [1.807, 2.05) is 24.3 Å². The molecule has 3 N–H and O–H groups in total. The van der Waals surface area contributed by atoms with Crippen LogP contribution in [0.15, 0.2) is 47.5 Å². The summed E-state index contributed by atoms with van der Waals surface area (Å²) in [6, 6.07) is 11.7. The molecule has 6 nitrogen and oxygen atoms in total. The standard InChI is InChI=1S/C19H24FN3O3S.HI/c1-26-18-7-3-14(4-8-18)9-10-22-19(21)23-12-16-11-17(20)6-5-15(16)13-27(2,24)25;/h3-8,11H,9-10,12-13H2,1-2H3,(H3,21,22,23);1H. The molecule has 2 rings (SSSR count). The first-order valence-electron chi connectivity index (χ1n) is 8.38. The topological polar surface area (TPSA) is 93.8 Å². The van der Waals surface area contributed by atoms with Crippen LogP contribution >= 0.6 is 24.0 Å². The van der Waals surface area contributed by atoms with Gasteiger partial charge in [-0.2, -0.15) is 0 Å². The summed E-state index contributed by atoms with van der Waals surface area (Å²) in [4.78, 5) is 4.19. The number of halogens is 2. The van der Waals surface area contributed by atoms with Gasteiger partial charge >= 0.3 is 0 Å². The number of methoxy groups -OCH3 is 1. The molecule has 0 aliphatic heterocycles. The number of nitrogens with one attached hydrogen (secondary N) is 1. The fraction of sp³-hybridized carbons (Fsp3) is 0.316. The first-order chi connectivity index (χ1) is 12.8. The number of sulfone groups is 1. The summed E-state index contributed by atoms with van der Waals surface area (Å²) in [5.41, 5.74) is 8.00. The molecule has 154 valence electrons. The zero-order valence-electron chi connectivity index (χ0n) is 15.8. The summed E-state index contributed by atoms with van der Waals surface area (Å²) in [6.45, 7) is 0.686. The van der Waals surface area contributed by atoms with Crippen LogP contribution < -0.4 is 15.8 Å². The van der Waals surface area contributed by atoms with Gasteiger partial charge in [0.05, 0.1) is 19.4 Å². The normalized spacial score (nSPS) is 11.6. The van der Waals surface area contributed by atoms with Crippen LogP contribution in [-0.4, -0.2) is 34.3 Å². The molecular formula is C19H25FIN3O3S. The predicted molar refractivity (Wildman–Crippen MR) is 120 cm³/mol. The number of nitrogens with zero attached hydrogens (tertiary/aromatic N) is 1. The van der Waals surface area contributed by atoms with Crippen LogP contribution in [0, 0.1) is 5.82 Å². The molecule has 0 bridgehead atoms. The van der Waals surface area contributed by atoms with Gasteiger partial charge in [0.1, 0.15) is 11.6 Å². The molecule has 0 saturated heterocycles. The molecule has 0 aliphatic rings. The van der Waals surface area contributed by atoms with Crippen molar-refractivity contribution in [3.8, 4) is 5.75 Å². The molecule has 0 unspecified atom stereocenters. The van der Waals surface area contributed by atoms with E-state index in [1.54, 1.807) is 7.11 Å². The first kappa shape index (κ1) is 24.2. The smallest absolute Gasteiger partial charge is 0.188 e. The minimum Gasteiger partial charge on any atom is -0.497 e. The van der Waals surface area contributed by atoms with Gasteiger partial charge in [-0.3, -0.25) is 0 Å².